The molecule has 4 aromatic rings. The second kappa shape index (κ2) is 9.87. The number of fused-ring (bicyclic) bond motifs is 1. The number of rotatable bonds is 5. The number of nitrogens with zero attached hydrogens (tertiary/aromatic N) is 5. The lowest BCUT2D eigenvalue weighted by atomic mass is 9.84. The van der Waals surface area contributed by atoms with Crippen molar-refractivity contribution in [3.63, 3.8) is 0 Å². The van der Waals surface area contributed by atoms with Crippen LogP contribution in [-0.2, 0) is 5.41 Å². The molecule has 0 saturated heterocycles. The SMILES string of the molecule is Cc1ccc(C)c(N=c2scc(-c3ccc([N+](=O)[O-])cc3)n2N=CC=C2N(C)c3ccccc3C2(C)C)c1. The van der Waals surface area contributed by atoms with Crippen molar-refractivity contribution in [1.82, 2.24) is 4.68 Å². The van der Waals surface area contributed by atoms with Crippen LogP contribution in [0, 0.1) is 24.0 Å². The van der Waals surface area contributed by atoms with Crippen LogP contribution in [0.5, 0.6) is 0 Å². The molecule has 0 fully saturated rings. The first-order valence-electron chi connectivity index (χ1n) is 12.3. The van der Waals surface area contributed by atoms with Crippen LogP contribution in [0.25, 0.3) is 11.3 Å². The minimum absolute atomic E-state index is 0.0510. The molecule has 1 aliphatic heterocycles. The Kier molecular flexibility index (Phi) is 6.59. The second-order valence-corrected chi connectivity index (χ2v) is 10.8. The third-order valence-electron chi connectivity index (χ3n) is 6.99. The van der Waals surface area contributed by atoms with Gasteiger partial charge < -0.3 is 4.90 Å². The predicted molar refractivity (Wildman–Crippen MR) is 155 cm³/mol. The molecule has 0 atom stereocenters. The molecular formula is C30H29N5O2S. The Morgan fingerprint density at radius 3 is 2.47 bits per heavy atom. The van der Waals surface area contributed by atoms with Gasteiger partial charge in [0.2, 0.25) is 4.80 Å². The van der Waals surface area contributed by atoms with Crippen molar-refractivity contribution in [3.05, 3.63) is 115 Å². The third kappa shape index (κ3) is 4.59. The summed E-state index contributed by atoms with van der Waals surface area (Å²) in [7, 11) is 2.08. The summed E-state index contributed by atoms with van der Waals surface area (Å²) in [6, 6.07) is 21.1. The Morgan fingerprint density at radius 2 is 1.76 bits per heavy atom. The van der Waals surface area contributed by atoms with Gasteiger partial charge in [-0.2, -0.15) is 5.10 Å². The van der Waals surface area contributed by atoms with E-state index in [2.05, 4.69) is 68.3 Å². The lowest BCUT2D eigenvalue weighted by Crippen LogP contribution is -2.23. The van der Waals surface area contributed by atoms with E-state index in [4.69, 9.17) is 10.1 Å². The Labute approximate surface area is 225 Å². The fourth-order valence-electron chi connectivity index (χ4n) is 4.86. The smallest absolute Gasteiger partial charge is 0.269 e. The van der Waals surface area contributed by atoms with E-state index < -0.39 is 4.92 Å². The van der Waals surface area contributed by atoms with Gasteiger partial charge in [0.25, 0.3) is 5.69 Å². The third-order valence-corrected chi connectivity index (χ3v) is 7.81. The van der Waals surface area contributed by atoms with Crippen molar-refractivity contribution in [1.29, 1.82) is 0 Å². The number of non-ortho nitro benzene ring substituents is 1. The van der Waals surface area contributed by atoms with Crippen molar-refractivity contribution in [3.8, 4) is 11.3 Å². The minimum Gasteiger partial charge on any atom is -0.347 e. The molecule has 0 amide bonds. The molecule has 0 N–H and O–H groups in total. The number of allylic oxidation sites excluding steroid dienone is 2. The zero-order chi connectivity index (χ0) is 27.0. The van der Waals surface area contributed by atoms with Gasteiger partial charge >= 0.3 is 0 Å². The molecule has 0 radical (unpaired) electrons. The molecule has 5 rings (SSSR count). The molecule has 1 aromatic heterocycles. The van der Waals surface area contributed by atoms with Crippen molar-refractivity contribution in [2.75, 3.05) is 11.9 Å². The number of nitro groups is 1. The molecule has 1 aliphatic rings. The Balaban J connectivity index is 1.61. The second-order valence-electron chi connectivity index (χ2n) is 9.94. The quantitative estimate of drug-likeness (QED) is 0.159. The molecule has 7 nitrogen and oxygen atoms in total. The topological polar surface area (TPSA) is 76.0 Å². The normalized spacial score (nSPS) is 16.0. The van der Waals surface area contributed by atoms with Crippen LogP contribution in [-0.4, -0.2) is 22.9 Å². The predicted octanol–water partition coefficient (Wildman–Crippen LogP) is 7.12. The molecule has 0 bridgehead atoms. The first-order valence-corrected chi connectivity index (χ1v) is 13.2. The number of likely N-dealkylation sites (N-methyl/N-ethyl adjacent to an activating group) is 1. The van der Waals surface area contributed by atoms with Gasteiger partial charge in [0.15, 0.2) is 0 Å². The summed E-state index contributed by atoms with van der Waals surface area (Å²) >= 11 is 1.48. The van der Waals surface area contributed by atoms with E-state index in [-0.39, 0.29) is 11.1 Å². The summed E-state index contributed by atoms with van der Waals surface area (Å²) in [4.78, 5) is 18.6. The highest BCUT2D eigenvalue weighted by atomic mass is 32.1. The maximum Gasteiger partial charge on any atom is 0.269 e. The molecule has 0 unspecified atom stereocenters. The highest BCUT2D eigenvalue weighted by Gasteiger charge is 2.37. The van der Waals surface area contributed by atoms with Crippen molar-refractivity contribution >= 4 is 34.6 Å². The van der Waals surface area contributed by atoms with E-state index in [1.54, 1.807) is 16.8 Å². The van der Waals surface area contributed by atoms with Crippen LogP contribution in [0.1, 0.15) is 30.5 Å². The van der Waals surface area contributed by atoms with Crippen LogP contribution in [0.2, 0.25) is 0 Å². The Hall–Kier alpha value is -4.30. The molecule has 0 spiro atoms. The van der Waals surface area contributed by atoms with Gasteiger partial charge in [-0.15, -0.1) is 11.3 Å². The number of nitro benzene ring substituents is 1. The van der Waals surface area contributed by atoms with Crippen LogP contribution in [0.4, 0.5) is 17.1 Å². The number of aryl methyl sites for hydroxylation is 2. The van der Waals surface area contributed by atoms with E-state index in [9.17, 15) is 10.1 Å². The van der Waals surface area contributed by atoms with Gasteiger partial charge in [-0.25, -0.2) is 9.67 Å². The zero-order valence-corrected chi connectivity index (χ0v) is 22.9. The monoisotopic (exact) mass is 523 g/mol. The van der Waals surface area contributed by atoms with Crippen molar-refractivity contribution in [2.24, 2.45) is 10.1 Å². The van der Waals surface area contributed by atoms with E-state index in [0.29, 0.717) is 4.80 Å². The Morgan fingerprint density at radius 1 is 1.03 bits per heavy atom. The standard InChI is InChI=1S/C30H29N5O2S/c1-20-10-11-21(2)25(18-20)32-29-34(27(19-38-29)22-12-14-23(15-13-22)35(36)37)31-17-16-28-30(3,4)24-8-6-7-9-26(24)33(28)5/h6-19H,1-5H3. The minimum atomic E-state index is -0.394. The van der Waals surface area contributed by atoms with E-state index in [1.165, 1.54) is 34.7 Å². The van der Waals surface area contributed by atoms with Crippen molar-refractivity contribution < 1.29 is 4.92 Å². The first kappa shape index (κ1) is 25.4. The number of para-hydroxylation sites is 1. The summed E-state index contributed by atoms with van der Waals surface area (Å²) in [5.74, 6) is 0. The number of benzene rings is 3. The van der Waals surface area contributed by atoms with E-state index in [0.717, 1.165) is 33.8 Å². The molecule has 2 heterocycles. The molecule has 192 valence electrons. The summed E-state index contributed by atoms with van der Waals surface area (Å²) in [5.41, 5.74) is 8.23. The number of thiazole rings is 1. The highest BCUT2D eigenvalue weighted by Crippen LogP contribution is 2.46. The number of anilines is 1. The Bertz CT molecular complexity index is 1660. The maximum atomic E-state index is 11.2. The lowest BCUT2D eigenvalue weighted by Gasteiger charge is -2.23. The molecule has 3 aromatic carbocycles. The molecule has 8 heteroatoms. The lowest BCUT2D eigenvalue weighted by molar-refractivity contribution is -0.384. The van der Waals surface area contributed by atoms with Crippen LogP contribution in [0.15, 0.2) is 94.0 Å². The largest absolute Gasteiger partial charge is 0.347 e. The van der Waals surface area contributed by atoms with Gasteiger partial charge in [-0.3, -0.25) is 10.1 Å². The number of aromatic nitrogens is 1. The fourth-order valence-corrected chi connectivity index (χ4v) is 5.71. The average molecular weight is 524 g/mol. The number of hydrogen-bond acceptors (Lipinski definition) is 6. The summed E-state index contributed by atoms with van der Waals surface area (Å²) in [6.45, 7) is 8.52. The van der Waals surface area contributed by atoms with E-state index in [1.807, 2.05) is 31.5 Å². The van der Waals surface area contributed by atoms with Crippen LogP contribution >= 0.6 is 11.3 Å². The number of hydrogen-bond donors (Lipinski definition) is 0. The van der Waals surface area contributed by atoms with Crippen molar-refractivity contribution in [2.45, 2.75) is 33.1 Å². The highest BCUT2D eigenvalue weighted by molar-refractivity contribution is 7.07. The van der Waals surface area contributed by atoms with Gasteiger partial charge in [0.1, 0.15) is 0 Å². The molecule has 38 heavy (non-hydrogen) atoms. The van der Waals surface area contributed by atoms with Crippen LogP contribution < -0.4 is 9.70 Å². The molecule has 0 aliphatic carbocycles. The summed E-state index contributed by atoms with van der Waals surface area (Å²) < 4.78 is 1.81. The molecular weight excluding hydrogens is 494 g/mol. The zero-order valence-electron chi connectivity index (χ0n) is 22.0. The van der Waals surface area contributed by atoms with Crippen LogP contribution in [0.3, 0.4) is 0 Å². The van der Waals surface area contributed by atoms with Gasteiger partial charge in [0, 0.05) is 53.1 Å². The summed E-state index contributed by atoms with van der Waals surface area (Å²) in [5, 5.41) is 18.0. The molecule has 0 saturated carbocycles. The average Bonchev–Trinajstić information content (AvgIpc) is 3.38. The fraction of sp³-hybridized carbons (Fsp3) is 0.200. The van der Waals surface area contributed by atoms with Gasteiger partial charge in [-0.05, 0) is 60.9 Å². The van der Waals surface area contributed by atoms with E-state index >= 15 is 0 Å². The maximum absolute atomic E-state index is 11.2. The van der Waals surface area contributed by atoms with Gasteiger partial charge in [0.05, 0.1) is 16.3 Å². The summed E-state index contributed by atoms with van der Waals surface area (Å²) in [6.07, 6.45) is 3.86. The first-order chi connectivity index (χ1) is 18.2. The van der Waals surface area contributed by atoms with Gasteiger partial charge in [-0.1, -0.05) is 44.2 Å².